The Morgan fingerprint density at radius 3 is 2.85 bits per heavy atom. The van der Waals surface area contributed by atoms with Crippen LogP contribution in [0.5, 0.6) is 0 Å². The van der Waals surface area contributed by atoms with Crippen LogP contribution in [0.1, 0.15) is 9.67 Å². The molecular weight excluding hydrogens is 200 g/mol. The summed E-state index contributed by atoms with van der Waals surface area (Å²) in [5, 5.41) is 1.59. The highest BCUT2D eigenvalue weighted by Gasteiger charge is 2.14. The maximum atomic E-state index is 11.6. The Morgan fingerprint density at radius 1 is 1.69 bits per heavy atom. The maximum absolute atomic E-state index is 11.6. The van der Waals surface area contributed by atoms with Crippen LogP contribution in [0.15, 0.2) is 11.4 Å². The van der Waals surface area contributed by atoms with Crippen LogP contribution in [0.3, 0.4) is 0 Å². The summed E-state index contributed by atoms with van der Waals surface area (Å²) in [5.41, 5.74) is 5.62. The van der Waals surface area contributed by atoms with E-state index in [1.807, 2.05) is 0 Å². The van der Waals surface area contributed by atoms with E-state index in [1.165, 1.54) is 6.07 Å². The third kappa shape index (κ3) is 2.66. The molecule has 1 aromatic rings. The van der Waals surface area contributed by atoms with Crippen molar-refractivity contribution < 1.29 is 18.3 Å². The number of carbonyl (C=O) groups excluding carboxylic acids is 1. The van der Waals surface area contributed by atoms with Crippen molar-refractivity contribution in [1.29, 1.82) is 0 Å². The number of nitrogen functional groups attached to an aromatic ring is 1. The van der Waals surface area contributed by atoms with E-state index in [1.54, 1.807) is 5.38 Å². The van der Waals surface area contributed by atoms with Crippen LogP contribution in [0.25, 0.3) is 0 Å². The van der Waals surface area contributed by atoms with Gasteiger partial charge in [-0.05, 0) is 11.4 Å². The monoisotopic (exact) mass is 207 g/mol. The Hall–Kier alpha value is -1.17. The Balaban J connectivity index is 2.54. The number of rotatable bonds is 3. The molecule has 1 heterocycles. The molecule has 0 aliphatic carbocycles. The number of alkyl halides is 2. The van der Waals surface area contributed by atoms with Crippen molar-refractivity contribution in [2.45, 2.75) is 6.43 Å². The van der Waals surface area contributed by atoms with Gasteiger partial charge in [0.1, 0.15) is 4.88 Å². The zero-order valence-electron chi connectivity index (χ0n) is 6.50. The van der Waals surface area contributed by atoms with Crippen molar-refractivity contribution in [2.24, 2.45) is 0 Å². The lowest BCUT2D eigenvalue weighted by molar-refractivity contribution is 0.0165. The quantitative estimate of drug-likeness (QED) is 0.768. The van der Waals surface area contributed by atoms with Crippen LogP contribution in [-0.4, -0.2) is 19.0 Å². The average molecular weight is 207 g/mol. The van der Waals surface area contributed by atoms with E-state index >= 15 is 0 Å². The van der Waals surface area contributed by atoms with Gasteiger partial charge in [0.05, 0.1) is 5.69 Å². The number of halogens is 2. The van der Waals surface area contributed by atoms with Crippen molar-refractivity contribution in [1.82, 2.24) is 0 Å². The number of esters is 1. The molecule has 0 atom stereocenters. The molecule has 0 spiro atoms. The number of hydrogen-bond donors (Lipinski definition) is 1. The summed E-state index contributed by atoms with van der Waals surface area (Å²) >= 11 is 1.06. The van der Waals surface area contributed by atoms with Gasteiger partial charge in [0.25, 0.3) is 6.43 Å². The molecule has 0 unspecified atom stereocenters. The van der Waals surface area contributed by atoms with Crippen LogP contribution >= 0.6 is 11.3 Å². The Bertz CT molecular complexity index is 300. The third-order valence-corrected chi connectivity index (χ3v) is 2.13. The van der Waals surface area contributed by atoms with Crippen molar-refractivity contribution in [3.8, 4) is 0 Å². The van der Waals surface area contributed by atoms with Crippen molar-refractivity contribution in [2.75, 3.05) is 12.3 Å². The van der Waals surface area contributed by atoms with Gasteiger partial charge >= 0.3 is 5.97 Å². The SMILES string of the molecule is Nc1ccsc1C(=O)OCC(F)F. The minimum atomic E-state index is -2.65. The summed E-state index contributed by atoms with van der Waals surface area (Å²) in [6, 6.07) is 1.52. The Labute approximate surface area is 77.1 Å². The number of thiophene rings is 1. The number of ether oxygens (including phenoxy) is 1. The van der Waals surface area contributed by atoms with Crippen molar-refractivity contribution in [3.05, 3.63) is 16.3 Å². The van der Waals surface area contributed by atoms with Gasteiger partial charge in [0.2, 0.25) is 0 Å². The van der Waals surface area contributed by atoms with Crippen molar-refractivity contribution in [3.63, 3.8) is 0 Å². The molecule has 1 rings (SSSR count). The molecule has 2 N–H and O–H groups in total. The summed E-state index contributed by atoms with van der Waals surface area (Å²) in [5.74, 6) is -0.798. The highest BCUT2D eigenvalue weighted by Crippen LogP contribution is 2.19. The van der Waals surface area contributed by atoms with E-state index in [0.29, 0.717) is 0 Å². The average Bonchev–Trinajstić information content (AvgIpc) is 2.47. The molecule has 72 valence electrons. The summed E-state index contributed by atoms with van der Waals surface area (Å²) in [7, 11) is 0. The van der Waals surface area contributed by atoms with Gasteiger partial charge in [-0.2, -0.15) is 0 Å². The molecule has 6 heteroatoms. The van der Waals surface area contributed by atoms with Gasteiger partial charge in [0.15, 0.2) is 6.61 Å². The second-order valence-electron chi connectivity index (χ2n) is 2.19. The van der Waals surface area contributed by atoms with Crippen LogP contribution in [-0.2, 0) is 4.74 Å². The summed E-state index contributed by atoms with van der Waals surface area (Å²) in [6.07, 6.45) is -2.65. The lowest BCUT2D eigenvalue weighted by atomic mass is 10.4. The molecule has 0 bridgehead atoms. The summed E-state index contributed by atoms with van der Waals surface area (Å²) in [6.45, 7) is -0.893. The lowest BCUT2D eigenvalue weighted by Crippen LogP contribution is -2.11. The van der Waals surface area contributed by atoms with Crippen LogP contribution in [0.4, 0.5) is 14.5 Å². The molecule has 13 heavy (non-hydrogen) atoms. The van der Waals surface area contributed by atoms with E-state index in [-0.39, 0.29) is 10.6 Å². The van der Waals surface area contributed by atoms with E-state index in [0.717, 1.165) is 11.3 Å². The molecule has 0 aliphatic heterocycles. The first kappa shape index (κ1) is 9.91. The lowest BCUT2D eigenvalue weighted by Gasteiger charge is -2.01. The summed E-state index contributed by atoms with van der Waals surface area (Å²) in [4.78, 5) is 11.2. The minimum Gasteiger partial charge on any atom is -0.455 e. The van der Waals surface area contributed by atoms with E-state index < -0.39 is 19.0 Å². The second-order valence-corrected chi connectivity index (χ2v) is 3.11. The Morgan fingerprint density at radius 2 is 2.38 bits per heavy atom. The molecule has 0 aliphatic rings. The van der Waals surface area contributed by atoms with E-state index in [9.17, 15) is 13.6 Å². The van der Waals surface area contributed by atoms with Gasteiger partial charge < -0.3 is 10.5 Å². The molecule has 0 fully saturated rings. The Kier molecular flexibility index (Phi) is 3.18. The van der Waals surface area contributed by atoms with Gasteiger partial charge in [-0.3, -0.25) is 0 Å². The van der Waals surface area contributed by atoms with E-state index in [4.69, 9.17) is 5.73 Å². The van der Waals surface area contributed by atoms with Crippen LogP contribution < -0.4 is 5.73 Å². The second kappa shape index (κ2) is 4.18. The first-order valence-corrected chi connectivity index (χ1v) is 4.27. The zero-order valence-corrected chi connectivity index (χ0v) is 7.31. The largest absolute Gasteiger partial charge is 0.455 e. The van der Waals surface area contributed by atoms with Crippen molar-refractivity contribution >= 4 is 23.0 Å². The number of hydrogen-bond acceptors (Lipinski definition) is 4. The highest BCUT2D eigenvalue weighted by atomic mass is 32.1. The highest BCUT2D eigenvalue weighted by molar-refractivity contribution is 7.12. The first-order chi connectivity index (χ1) is 6.11. The molecule has 3 nitrogen and oxygen atoms in total. The van der Waals surface area contributed by atoms with Crippen LogP contribution in [0, 0.1) is 0 Å². The zero-order chi connectivity index (χ0) is 9.84. The molecular formula is C7H7F2NO2S. The molecule has 0 radical (unpaired) electrons. The normalized spacial score (nSPS) is 10.4. The van der Waals surface area contributed by atoms with E-state index in [2.05, 4.69) is 4.74 Å². The maximum Gasteiger partial charge on any atom is 0.350 e. The number of carbonyl (C=O) groups is 1. The predicted octanol–water partition coefficient (Wildman–Crippen LogP) is 1.75. The standard InChI is InChI=1S/C7H7F2NO2S/c8-5(9)3-12-7(11)6-4(10)1-2-13-6/h1-2,5H,3,10H2. The molecule has 0 amide bonds. The molecule has 0 aromatic carbocycles. The molecule has 0 saturated heterocycles. The fourth-order valence-corrected chi connectivity index (χ4v) is 1.40. The predicted molar refractivity (Wildman–Crippen MR) is 45.0 cm³/mol. The van der Waals surface area contributed by atoms with Gasteiger partial charge in [-0.1, -0.05) is 0 Å². The molecule has 0 saturated carbocycles. The fourth-order valence-electron chi connectivity index (χ4n) is 0.689. The summed E-state index contributed by atoms with van der Waals surface area (Å²) < 4.78 is 27.5. The third-order valence-electron chi connectivity index (χ3n) is 1.22. The minimum absolute atomic E-state index is 0.167. The van der Waals surface area contributed by atoms with Gasteiger partial charge in [-0.25, -0.2) is 13.6 Å². The van der Waals surface area contributed by atoms with Gasteiger partial charge in [0, 0.05) is 0 Å². The fraction of sp³-hybridized carbons (Fsp3) is 0.286. The number of anilines is 1. The van der Waals surface area contributed by atoms with Gasteiger partial charge in [-0.15, -0.1) is 11.3 Å². The smallest absolute Gasteiger partial charge is 0.350 e. The van der Waals surface area contributed by atoms with Crippen LogP contribution in [0.2, 0.25) is 0 Å². The number of nitrogens with two attached hydrogens (primary N) is 1. The molecule has 1 aromatic heterocycles. The first-order valence-electron chi connectivity index (χ1n) is 3.39. The topological polar surface area (TPSA) is 52.3 Å².